The molecule has 0 amide bonds. The van der Waals surface area contributed by atoms with Gasteiger partial charge in [0.2, 0.25) is 0 Å². The van der Waals surface area contributed by atoms with Gasteiger partial charge < -0.3 is 5.32 Å². The lowest BCUT2D eigenvalue weighted by Gasteiger charge is -2.16. The minimum absolute atomic E-state index is 0.0786. The molecule has 0 bridgehead atoms. The molecule has 0 saturated heterocycles. The predicted molar refractivity (Wildman–Crippen MR) is 62.8 cm³/mol. The van der Waals surface area contributed by atoms with E-state index in [9.17, 15) is 4.39 Å². The number of hydrogen-bond donors (Lipinski definition) is 1. The number of aromatic nitrogens is 1. The quantitative estimate of drug-likeness (QED) is 0.844. The Bertz CT molecular complexity index is 361. The lowest BCUT2D eigenvalue weighted by molar-refractivity contribution is 0.617. The van der Waals surface area contributed by atoms with Gasteiger partial charge in [-0.1, -0.05) is 0 Å². The highest BCUT2D eigenvalue weighted by atomic mass is 79.9. The van der Waals surface area contributed by atoms with Crippen LogP contribution in [0.3, 0.4) is 0 Å². The molecule has 0 aliphatic heterocycles. The van der Waals surface area contributed by atoms with E-state index in [4.69, 9.17) is 11.6 Å². The molecule has 5 heteroatoms. The molecule has 2 nitrogen and oxygen atoms in total. The van der Waals surface area contributed by atoms with Crippen LogP contribution in [0.4, 0.5) is 10.2 Å². The van der Waals surface area contributed by atoms with E-state index in [2.05, 4.69) is 26.2 Å². The molecule has 0 aromatic carbocycles. The maximum Gasteiger partial charge on any atom is 0.166 e. The van der Waals surface area contributed by atoms with Crippen LogP contribution in [-0.2, 0) is 0 Å². The summed E-state index contributed by atoms with van der Waals surface area (Å²) >= 11 is 9.25. The minimum atomic E-state index is -0.347. The SMILES string of the molecule is Fc1cc(Br)cnc1NC1CCCC1Cl. The van der Waals surface area contributed by atoms with Crippen molar-refractivity contribution in [1.29, 1.82) is 0 Å². The highest BCUT2D eigenvalue weighted by Crippen LogP contribution is 2.27. The van der Waals surface area contributed by atoms with Crippen molar-refractivity contribution in [1.82, 2.24) is 4.98 Å². The Hall–Kier alpha value is -0.350. The lowest BCUT2D eigenvalue weighted by atomic mass is 10.2. The van der Waals surface area contributed by atoms with Crippen LogP contribution in [0.2, 0.25) is 0 Å². The number of rotatable bonds is 2. The number of nitrogens with zero attached hydrogens (tertiary/aromatic N) is 1. The zero-order valence-corrected chi connectivity index (χ0v) is 10.4. The average molecular weight is 294 g/mol. The van der Waals surface area contributed by atoms with Crippen molar-refractivity contribution in [3.63, 3.8) is 0 Å². The second-order valence-electron chi connectivity index (χ2n) is 3.68. The number of halogens is 3. The van der Waals surface area contributed by atoms with Gasteiger partial charge >= 0.3 is 0 Å². The Morgan fingerprint density at radius 3 is 2.93 bits per heavy atom. The fourth-order valence-corrected chi connectivity index (χ4v) is 2.42. The molecule has 1 N–H and O–H groups in total. The summed E-state index contributed by atoms with van der Waals surface area (Å²) in [5.74, 6) is -0.0594. The Balaban J connectivity index is 2.10. The van der Waals surface area contributed by atoms with Gasteiger partial charge in [0.05, 0.1) is 5.38 Å². The van der Waals surface area contributed by atoms with Crippen LogP contribution in [0.5, 0.6) is 0 Å². The highest BCUT2D eigenvalue weighted by Gasteiger charge is 2.26. The molecular weight excluding hydrogens is 282 g/mol. The number of anilines is 1. The first-order valence-electron chi connectivity index (χ1n) is 4.88. The van der Waals surface area contributed by atoms with Crippen LogP contribution in [0, 0.1) is 5.82 Å². The summed E-state index contributed by atoms with van der Waals surface area (Å²) in [5.41, 5.74) is 0. The Morgan fingerprint density at radius 1 is 1.53 bits per heavy atom. The van der Waals surface area contributed by atoms with Gasteiger partial charge in [-0.2, -0.15) is 0 Å². The van der Waals surface area contributed by atoms with Gasteiger partial charge in [-0.3, -0.25) is 0 Å². The summed E-state index contributed by atoms with van der Waals surface area (Å²) in [6.45, 7) is 0. The number of alkyl halides is 1. The third-order valence-corrected chi connectivity index (χ3v) is 3.52. The third-order valence-electron chi connectivity index (χ3n) is 2.56. The van der Waals surface area contributed by atoms with E-state index >= 15 is 0 Å². The monoisotopic (exact) mass is 292 g/mol. The van der Waals surface area contributed by atoms with Crippen LogP contribution >= 0.6 is 27.5 Å². The first-order valence-corrected chi connectivity index (χ1v) is 6.11. The number of nitrogens with one attached hydrogen (secondary N) is 1. The average Bonchev–Trinajstić information content (AvgIpc) is 2.57. The number of pyridine rings is 1. The first kappa shape index (κ1) is 11.1. The van der Waals surface area contributed by atoms with Crippen molar-refractivity contribution in [3.05, 3.63) is 22.6 Å². The van der Waals surface area contributed by atoms with E-state index in [1.165, 1.54) is 6.07 Å². The Morgan fingerprint density at radius 2 is 2.33 bits per heavy atom. The van der Waals surface area contributed by atoms with E-state index in [1.54, 1.807) is 6.20 Å². The van der Waals surface area contributed by atoms with Gasteiger partial charge in [-0.25, -0.2) is 9.37 Å². The van der Waals surface area contributed by atoms with E-state index in [-0.39, 0.29) is 23.1 Å². The van der Waals surface area contributed by atoms with Crippen molar-refractivity contribution in [3.8, 4) is 0 Å². The van der Waals surface area contributed by atoms with Crippen molar-refractivity contribution in [2.45, 2.75) is 30.7 Å². The van der Waals surface area contributed by atoms with Gasteiger partial charge in [0.15, 0.2) is 11.6 Å². The maximum absolute atomic E-state index is 13.4. The minimum Gasteiger partial charge on any atom is -0.363 e. The zero-order valence-electron chi connectivity index (χ0n) is 8.01. The van der Waals surface area contributed by atoms with Gasteiger partial charge in [0, 0.05) is 16.7 Å². The van der Waals surface area contributed by atoms with E-state index in [0.29, 0.717) is 4.47 Å². The van der Waals surface area contributed by atoms with Crippen molar-refractivity contribution in [2.24, 2.45) is 0 Å². The van der Waals surface area contributed by atoms with Gasteiger partial charge in [0.1, 0.15) is 0 Å². The summed E-state index contributed by atoms with van der Waals surface area (Å²) in [6.07, 6.45) is 4.62. The highest BCUT2D eigenvalue weighted by molar-refractivity contribution is 9.10. The summed E-state index contributed by atoms with van der Waals surface area (Å²) < 4.78 is 14.1. The zero-order chi connectivity index (χ0) is 10.8. The molecular formula is C10H11BrClFN2. The Kier molecular flexibility index (Phi) is 3.46. The summed E-state index contributed by atoms with van der Waals surface area (Å²) in [4.78, 5) is 3.98. The van der Waals surface area contributed by atoms with Crippen LogP contribution in [0.1, 0.15) is 19.3 Å². The molecule has 1 heterocycles. The van der Waals surface area contributed by atoms with E-state index in [0.717, 1.165) is 19.3 Å². The van der Waals surface area contributed by atoms with Crippen LogP contribution < -0.4 is 5.32 Å². The molecule has 2 rings (SSSR count). The molecule has 15 heavy (non-hydrogen) atoms. The van der Waals surface area contributed by atoms with Crippen molar-refractivity contribution >= 4 is 33.3 Å². The van der Waals surface area contributed by atoms with Crippen LogP contribution in [-0.4, -0.2) is 16.4 Å². The molecule has 0 spiro atoms. The molecule has 1 saturated carbocycles. The molecule has 1 aliphatic carbocycles. The molecule has 1 aromatic rings. The first-order chi connectivity index (χ1) is 7.16. The van der Waals surface area contributed by atoms with Crippen molar-refractivity contribution < 1.29 is 4.39 Å². The third kappa shape index (κ3) is 2.61. The summed E-state index contributed by atoms with van der Waals surface area (Å²) in [6, 6.07) is 1.53. The van der Waals surface area contributed by atoms with Gasteiger partial charge in [-0.05, 0) is 41.3 Å². The van der Waals surface area contributed by atoms with Gasteiger partial charge in [0.25, 0.3) is 0 Å². The normalized spacial score (nSPS) is 25.5. The molecule has 1 fully saturated rings. The summed E-state index contributed by atoms with van der Waals surface area (Å²) in [7, 11) is 0. The van der Waals surface area contributed by atoms with Crippen LogP contribution in [0.15, 0.2) is 16.7 Å². The standard InChI is InChI=1S/C10H11BrClFN2/c11-6-4-8(13)10(14-5-6)15-9-3-1-2-7(9)12/h4-5,7,9H,1-3H2,(H,14,15). The fraction of sp³-hybridized carbons (Fsp3) is 0.500. The lowest BCUT2D eigenvalue weighted by Crippen LogP contribution is -2.25. The molecule has 0 radical (unpaired) electrons. The van der Waals surface area contributed by atoms with E-state index < -0.39 is 0 Å². The van der Waals surface area contributed by atoms with Crippen LogP contribution in [0.25, 0.3) is 0 Å². The topological polar surface area (TPSA) is 24.9 Å². The summed E-state index contributed by atoms with van der Waals surface area (Å²) in [5, 5.41) is 3.13. The Labute approximate surface area is 101 Å². The fourth-order valence-electron chi connectivity index (χ4n) is 1.77. The van der Waals surface area contributed by atoms with E-state index in [1.807, 2.05) is 0 Å². The largest absolute Gasteiger partial charge is 0.363 e. The second-order valence-corrected chi connectivity index (χ2v) is 5.16. The molecule has 2 atom stereocenters. The number of hydrogen-bond acceptors (Lipinski definition) is 2. The maximum atomic E-state index is 13.4. The molecule has 1 aliphatic rings. The predicted octanol–water partition coefficient (Wildman–Crippen LogP) is 3.56. The molecule has 82 valence electrons. The second kappa shape index (κ2) is 4.66. The smallest absolute Gasteiger partial charge is 0.166 e. The molecule has 2 unspecified atom stereocenters. The molecule has 1 aromatic heterocycles. The van der Waals surface area contributed by atoms with Crippen molar-refractivity contribution in [2.75, 3.05) is 5.32 Å². The van der Waals surface area contributed by atoms with Gasteiger partial charge in [-0.15, -0.1) is 11.6 Å².